The van der Waals surface area contributed by atoms with E-state index in [-0.39, 0.29) is 72.7 Å². The van der Waals surface area contributed by atoms with Crippen molar-refractivity contribution in [3.05, 3.63) is 29.8 Å². The minimum absolute atomic E-state index is 0.0402. The Morgan fingerprint density at radius 2 is 1.82 bits per heavy atom. The average molecular weight is 700 g/mol. The fraction of sp³-hybridized carbons (Fsp3) is 0.757. The van der Waals surface area contributed by atoms with Crippen LogP contribution >= 0.6 is 0 Å². The van der Waals surface area contributed by atoms with E-state index >= 15 is 0 Å². The topological polar surface area (TPSA) is 179 Å². The van der Waals surface area contributed by atoms with Crippen LogP contribution in [0.1, 0.15) is 56.3 Å². The van der Waals surface area contributed by atoms with Crippen LogP contribution in [0.4, 0.5) is 5.69 Å². The summed E-state index contributed by atoms with van der Waals surface area (Å²) in [5, 5.41) is 29.3. The van der Waals surface area contributed by atoms with Gasteiger partial charge in [-0.15, -0.1) is 0 Å². The van der Waals surface area contributed by atoms with Crippen LogP contribution in [0.5, 0.6) is 0 Å². The Morgan fingerprint density at radius 3 is 2.46 bits per heavy atom. The number of para-hydroxylation sites is 1. The Kier molecular flexibility index (Phi) is 8.93. The number of rotatable bonds is 12. The molecule has 13 heteroatoms. The molecule has 0 radical (unpaired) electrons. The van der Waals surface area contributed by atoms with Gasteiger partial charge >= 0.3 is 5.97 Å². The van der Waals surface area contributed by atoms with Crippen molar-refractivity contribution in [2.75, 3.05) is 53.5 Å². The summed E-state index contributed by atoms with van der Waals surface area (Å²) in [5.74, 6) is -3.02. The maximum Gasteiger partial charge on any atom is 0.340 e. The Morgan fingerprint density at radius 1 is 1.08 bits per heavy atom. The number of primary amides is 1. The number of carbonyl (C=O) groups excluding carboxylic acids is 3. The van der Waals surface area contributed by atoms with Gasteiger partial charge in [-0.2, -0.15) is 0 Å². The third-order valence-corrected chi connectivity index (χ3v) is 14.2. The highest BCUT2D eigenvalue weighted by Crippen LogP contribution is 2.80. The van der Waals surface area contributed by atoms with Crippen molar-refractivity contribution in [1.29, 1.82) is 0 Å². The number of nitrogens with two attached hydrogens (primary N) is 1. The summed E-state index contributed by atoms with van der Waals surface area (Å²) in [5.41, 5.74) is 1.21. The zero-order valence-corrected chi connectivity index (χ0v) is 29.9. The summed E-state index contributed by atoms with van der Waals surface area (Å²) < 4.78 is 31.3. The lowest BCUT2D eigenvalue weighted by atomic mass is 9.42. The van der Waals surface area contributed by atoms with E-state index in [1.807, 2.05) is 0 Å². The monoisotopic (exact) mass is 699 g/mol. The van der Waals surface area contributed by atoms with Gasteiger partial charge in [-0.05, 0) is 43.9 Å². The maximum absolute atomic E-state index is 14.0. The van der Waals surface area contributed by atoms with Gasteiger partial charge in [0, 0.05) is 82.3 Å². The first-order valence-electron chi connectivity index (χ1n) is 18.0. The number of nitrogens with one attached hydrogen (secondary N) is 1. The minimum atomic E-state index is -1.70. The highest BCUT2D eigenvalue weighted by molar-refractivity contribution is 6.02. The predicted molar refractivity (Wildman–Crippen MR) is 180 cm³/mol. The van der Waals surface area contributed by atoms with Crippen LogP contribution in [-0.2, 0) is 33.3 Å². The second kappa shape index (κ2) is 12.5. The van der Waals surface area contributed by atoms with E-state index in [2.05, 4.69) is 17.1 Å². The van der Waals surface area contributed by atoms with Gasteiger partial charge in [0.05, 0.1) is 48.3 Å². The molecule has 1 aliphatic heterocycles. The Labute approximate surface area is 293 Å². The van der Waals surface area contributed by atoms with Crippen molar-refractivity contribution in [3.8, 4) is 0 Å². The van der Waals surface area contributed by atoms with E-state index in [0.29, 0.717) is 25.9 Å². The van der Waals surface area contributed by atoms with Crippen molar-refractivity contribution in [2.24, 2.45) is 46.2 Å². The predicted octanol–water partition coefficient (Wildman–Crippen LogP) is 1.59. The first kappa shape index (κ1) is 35.7. The van der Waals surface area contributed by atoms with Crippen LogP contribution < -0.4 is 11.1 Å². The summed E-state index contributed by atoms with van der Waals surface area (Å²) in [6.07, 6.45) is 0.586. The third kappa shape index (κ3) is 4.46. The Balaban J connectivity index is 1.29. The SMILES string of the molecule is CCN1C[C@]2(COC(=O)c3ccccc3NC(=O)C(C)CC(N)=O)CC[C@H](OC)C34[C@@H]5C[C@H]6[C@H](OC)[C@@H]5[C@](O)(C[C@@H]6OC)[C@](O)([C@@H](OC)[C@@H]32)[C@@H]14. The van der Waals surface area contributed by atoms with Crippen LogP contribution in [0, 0.1) is 40.4 Å². The molecule has 50 heavy (non-hydrogen) atoms. The second-order valence-electron chi connectivity index (χ2n) is 15.9. The molecule has 7 bridgehead atoms. The van der Waals surface area contributed by atoms with Gasteiger partial charge in [0.2, 0.25) is 11.8 Å². The number of carbonyl (C=O) groups is 3. The molecule has 7 rings (SSSR count). The molecular weight excluding hydrogens is 646 g/mol. The molecule has 5 N–H and O–H groups in total. The highest BCUT2D eigenvalue weighted by Gasteiger charge is 2.91. The minimum Gasteiger partial charge on any atom is -0.461 e. The molecule has 1 saturated heterocycles. The molecule has 6 fully saturated rings. The largest absolute Gasteiger partial charge is 0.461 e. The number of ether oxygens (including phenoxy) is 5. The number of methoxy groups -OCH3 is 4. The summed E-state index contributed by atoms with van der Waals surface area (Å²) in [6, 6.07) is 6.16. The highest BCUT2D eigenvalue weighted by atomic mass is 16.5. The van der Waals surface area contributed by atoms with Crippen molar-refractivity contribution in [1.82, 2.24) is 4.90 Å². The molecular formula is C37H53N3O10. The van der Waals surface area contributed by atoms with E-state index in [1.54, 1.807) is 59.6 Å². The third-order valence-electron chi connectivity index (χ3n) is 14.2. The number of likely N-dealkylation sites (N-methyl/N-ethyl adjacent to an activating group) is 1. The van der Waals surface area contributed by atoms with E-state index in [1.165, 1.54) is 0 Å². The zero-order chi connectivity index (χ0) is 36.0. The first-order chi connectivity index (χ1) is 23.8. The van der Waals surface area contributed by atoms with Gasteiger partial charge in [-0.25, -0.2) is 4.79 Å². The van der Waals surface area contributed by atoms with Gasteiger partial charge in [-0.1, -0.05) is 26.0 Å². The van der Waals surface area contributed by atoms with Crippen LogP contribution in [0.15, 0.2) is 24.3 Å². The number of likely N-dealkylation sites (tertiary alicyclic amines) is 1. The zero-order valence-electron chi connectivity index (χ0n) is 29.9. The van der Waals surface area contributed by atoms with Gasteiger partial charge < -0.3 is 44.9 Å². The van der Waals surface area contributed by atoms with Gasteiger partial charge in [-0.3, -0.25) is 14.5 Å². The normalized spacial score (nSPS) is 44.4. The van der Waals surface area contributed by atoms with E-state index in [4.69, 9.17) is 29.4 Å². The summed E-state index contributed by atoms with van der Waals surface area (Å²) in [4.78, 5) is 40.5. The molecule has 5 saturated carbocycles. The van der Waals surface area contributed by atoms with E-state index < -0.39 is 57.9 Å². The molecule has 1 heterocycles. The number of fused-ring (bicyclic) bond motifs is 2. The molecule has 0 aromatic heterocycles. The number of piperidine rings is 1. The number of nitrogens with zero attached hydrogens (tertiary/aromatic N) is 1. The van der Waals surface area contributed by atoms with Crippen LogP contribution in [0.2, 0.25) is 0 Å². The summed E-state index contributed by atoms with van der Waals surface area (Å²) in [6.45, 7) is 4.84. The van der Waals surface area contributed by atoms with Crippen molar-refractivity contribution >= 4 is 23.5 Å². The average Bonchev–Trinajstić information content (AvgIpc) is 3.52. The molecule has 2 amide bonds. The number of benzene rings is 1. The molecule has 2 unspecified atom stereocenters. The van der Waals surface area contributed by atoms with Gasteiger partial charge in [0.1, 0.15) is 11.2 Å². The number of esters is 1. The fourth-order valence-electron chi connectivity index (χ4n) is 12.7. The molecule has 14 atom stereocenters. The fourth-order valence-corrected chi connectivity index (χ4v) is 12.7. The standard InChI is InChI=1S/C37H53N3O10/c1-7-40-17-34(18-50-32(43)20-10-8-9-11-23(20)39-31(42)19(2)14-26(38)41)13-12-25(47-4)36-22-15-21-24(46-3)16-35(44,27(22)28(21)48-5)37(45,33(36)40)30(49-6)29(34)36/h8-11,19,21-22,24-25,27-30,33,44-45H,7,12-18H2,1-6H3,(H2,38,41)(H,39,42)/t19?,21-,22-,24+,25+,27-,28+,29-,30+,33+,34+,35-,36?,37+/m1/s1. The number of anilines is 1. The lowest BCUT2D eigenvalue weighted by Gasteiger charge is -2.70. The molecule has 276 valence electrons. The molecule has 6 aliphatic rings. The smallest absolute Gasteiger partial charge is 0.340 e. The number of hydrogen-bond donors (Lipinski definition) is 4. The van der Waals surface area contributed by atoms with Crippen molar-refractivity contribution in [3.63, 3.8) is 0 Å². The summed E-state index contributed by atoms with van der Waals surface area (Å²) >= 11 is 0. The molecule has 5 aliphatic carbocycles. The lowest BCUT2D eigenvalue weighted by molar-refractivity contribution is -0.320. The molecule has 1 spiro atoms. The van der Waals surface area contributed by atoms with Gasteiger partial charge in [0.25, 0.3) is 0 Å². The van der Waals surface area contributed by atoms with Gasteiger partial charge in [0.15, 0.2) is 0 Å². The second-order valence-corrected chi connectivity index (χ2v) is 15.9. The quantitative estimate of drug-likeness (QED) is 0.233. The summed E-state index contributed by atoms with van der Waals surface area (Å²) in [7, 11) is 6.69. The number of amides is 2. The van der Waals surface area contributed by atoms with Crippen LogP contribution in [0.3, 0.4) is 0 Å². The molecule has 13 nitrogen and oxygen atoms in total. The van der Waals surface area contributed by atoms with Crippen LogP contribution in [0.25, 0.3) is 0 Å². The van der Waals surface area contributed by atoms with E-state index in [0.717, 1.165) is 6.42 Å². The van der Waals surface area contributed by atoms with Crippen molar-refractivity contribution in [2.45, 2.75) is 87.6 Å². The Hall–Kier alpha value is -2.65. The number of hydrogen-bond acceptors (Lipinski definition) is 11. The first-order valence-corrected chi connectivity index (χ1v) is 18.0. The molecule has 1 aromatic carbocycles. The number of aliphatic hydroxyl groups is 2. The lowest BCUT2D eigenvalue weighted by Crippen LogP contribution is -2.82. The maximum atomic E-state index is 14.0. The van der Waals surface area contributed by atoms with Crippen molar-refractivity contribution < 1.29 is 48.3 Å². The molecule has 1 aromatic rings. The van der Waals surface area contributed by atoms with Crippen LogP contribution in [-0.4, -0.2) is 123 Å². The Bertz CT molecular complexity index is 1530. The van der Waals surface area contributed by atoms with E-state index in [9.17, 15) is 24.6 Å².